The van der Waals surface area contributed by atoms with Gasteiger partial charge < -0.3 is 14.6 Å². The zero-order chi connectivity index (χ0) is 23.8. The van der Waals surface area contributed by atoms with E-state index in [0.29, 0.717) is 17.6 Å². The predicted octanol–water partition coefficient (Wildman–Crippen LogP) is 5.57. The number of nitrogens with one attached hydrogen (secondary N) is 1. The highest BCUT2D eigenvalue weighted by Gasteiger charge is 2.39. The molecule has 1 aromatic carbocycles. The van der Waals surface area contributed by atoms with Crippen LogP contribution in [0.2, 0.25) is 18.1 Å². The smallest absolute Gasteiger partial charge is 0.250 e. The number of fused-ring (bicyclic) bond motifs is 1. The van der Waals surface area contributed by atoms with Gasteiger partial charge in [-0.2, -0.15) is 0 Å². The molecule has 1 atom stereocenters. The minimum atomic E-state index is -1.88. The topological polar surface area (TPSA) is 54.7 Å². The lowest BCUT2D eigenvalue weighted by Gasteiger charge is -2.36. The molecule has 176 valence electrons. The third-order valence-electron chi connectivity index (χ3n) is 6.96. The van der Waals surface area contributed by atoms with Gasteiger partial charge in [0.05, 0.1) is 6.20 Å². The van der Waals surface area contributed by atoms with Crippen LogP contribution in [0.5, 0.6) is 5.75 Å². The molecular weight excluding hydrogens is 446 g/mol. The van der Waals surface area contributed by atoms with E-state index in [-0.39, 0.29) is 5.04 Å². The molecule has 3 heterocycles. The standard InChI is InChI=1S/C25H35N5OSSi/c1-18-9-8-14-29(18)23-13-12-22-26-17-21(30(22)28-23)24(32)27-16-19-10-7-11-20(15-19)31-33(5,6)25(2,3)4/h7,10-13,15,17-18H,8-9,14,16H2,1-6H3,(H,27,32)/t18-/m0/s1. The van der Waals surface area contributed by atoms with E-state index in [1.807, 2.05) is 22.7 Å². The molecule has 33 heavy (non-hydrogen) atoms. The number of nitrogens with zero attached hydrogens (tertiary/aromatic N) is 4. The second kappa shape index (κ2) is 9.06. The van der Waals surface area contributed by atoms with Crippen molar-refractivity contribution >= 4 is 37.0 Å². The number of thiocarbonyl (C=S) groups is 1. The van der Waals surface area contributed by atoms with Crippen molar-refractivity contribution in [3.8, 4) is 5.75 Å². The third kappa shape index (κ3) is 5.06. The molecular formula is C25H35N5OSSi. The van der Waals surface area contributed by atoms with Crippen LogP contribution in [0.3, 0.4) is 0 Å². The van der Waals surface area contributed by atoms with Crippen LogP contribution < -0.4 is 14.6 Å². The van der Waals surface area contributed by atoms with E-state index in [9.17, 15) is 0 Å². The highest BCUT2D eigenvalue weighted by atomic mass is 32.1. The minimum absolute atomic E-state index is 0.157. The van der Waals surface area contributed by atoms with Crippen molar-refractivity contribution in [1.29, 1.82) is 0 Å². The lowest BCUT2D eigenvalue weighted by molar-refractivity contribution is 0.491. The highest BCUT2D eigenvalue weighted by molar-refractivity contribution is 7.80. The number of aromatic nitrogens is 3. The normalized spacial score (nSPS) is 16.9. The van der Waals surface area contributed by atoms with Crippen LogP contribution in [0.15, 0.2) is 42.6 Å². The van der Waals surface area contributed by atoms with Gasteiger partial charge in [-0.25, -0.2) is 9.50 Å². The van der Waals surface area contributed by atoms with Crippen molar-refractivity contribution in [2.45, 2.75) is 71.3 Å². The Morgan fingerprint density at radius 1 is 1.24 bits per heavy atom. The predicted molar refractivity (Wildman–Crippen MR) is 142 cm³/mol. The van der Waals surface area contributed by atoms with E-state index in [0.717, 1.165) is 35.0 Å². The molecule has 1 aliphatic rings. The van der Waals surface area contributed by atoms with Gasteiger partial charge in [-0.1, -0.05) is 45.1 Å². The monoisotopic (exact) mass is 481 g/mol. The Balaban J connectivity index is 1.47. The lowest BCUT2D eigenvalue weighted by atomic mass is 10.2. The summed E-state index contributed by atoms with van der Waals surface area (Å²) < 4.78 is 8.32. The van der Waals surface area contributed by atoms with Crippen LogP contribution in [-0.2, 0) is 6.54 Å². The van der Waals surface area contributed by atoms with Crippen LogP contribution in [-0.4, -0.2) is 40.5 Å². The first-order valence-electron chi connectivity index (χ1n) is 11.7. The fraction of sp³-hybridized carbons (Fsp3) is 0.480. The summed E-state index contributed by atoms with van der Waals surface area (Å²) >= 11 is 5.72. The molecule has 4 rings (SSSR count). The molecule has 1 saturated heterocycles. The molecule has 0 bridgehead atoms. The number of hydrogen-bond acceptors (Lipinski definition) is 5. The Kier molecular flexibility index (Phi) is 6.51. The Morgan fingerprint density at radius 2 is 2.03 bits per heavy atom. The molecule has 1 fully saturated rings. The summed E-state index contributed by atoms with van der Waals surface area (Å²) in [5.74, 6) is 1.90. The Labute approximate surface area is 203 Å². The fourth-order valence-corrected chi connectivity index (χ4v) is 5.12. The number of rotatable bonds is 6. The maximum absolute atomic E-state index is 6.46. The average Bonchev–Trinajstić information content (AvgIpc) is 3.36. The summed E-state index contributed by atoms with van der Waals surface area (Å²) in [5.41, 5.74) is 2.74. The molecule has 0 amide bonds. The summed E-state index contributed by atoms with van der Waals surface area (Å²) in [5, 5.41) is 8.40. The Morgan fingerprint density at radius 3 is 2.73 bits per heavy atom. The first kappa shape index (κ1) is 23.7. The fourth-order valence-electron chi connectivity index (χ4n) is 3.88. The van der Waals surface area contributed by atoms with Gasteiger partial charge in [-0.05, 0) is 67.7 Å². The van der Waals surface area contributed by atoms with Crippen LogP contribution in [0.4, 0.5) is 5.82 Å². The summed E-state index contributed by atoms with van der Waals surface area (Å²) in [4.78, 5) is 7.49. The molecule has 0 radical (unpaired) electrons. The van der Waals surface area contributed by atoms with Gasteiger partial charge in [-0.15, -0.1) is 5.10 Å². The second-order valence-electron chi connectivity index (χ2n) is 10.5. The minimum Gasteiger partial charge on any atom is -0.543 e. The van der Waals surface area contributed by atoms with Gasteiger partial charge in [0.15, 0.2) is 5.65 Å². The summed E-state index contributed by atoms with van der Waals surface area (Å²) in [7, 11) is -1.88. The average molecular weight is 482 g/mol. The van der Waals surface area contributed by atoms with Crippen molar-refractivity contribution in [1.82, 2.24) is 19.9 Å². The first-order chi connectivity index (χ1) is 15.5. The molecule has 0 saturated carbocycles. The van der Waals surface area contributed by atoms with E-state index in [2.05, 4.69) is 74.2 Å². The molecule has 3 aromatic rings. The first-order valence-corrected chi connectivity index (χ1v) is 15.0. The van der Waals surface area contributed by atoms with Gasteiger partial charge in [0.1, 0.15) is 22.2 Å². The quantitative estimate of drug-likeness (QED) is 0.367. The molecule has 0 aliphatic carbocycles. The van der Waals surface area contributed by atoms with E-state index >= 15 is 0 Å². The van der Waals surface area contributed by atoms with Crippen LogP contribution in [0.1, 0.15) is 51.8 Å². The van der Waals surface area contributed by atoms with Crippen molar-refractivity contribution in [2.75, 3.05) is 11.4 Å². The molecule has 1 N–H and O–H groups in total. The van der Waals surface area contributed by atoms with Gasteiger partial charge in [0, 0.05) is 19.1 Å². The second-order valence-corrected chi connectivity index (χ2v) is 15.6. The molecule has 8 heteroatoms. The summed E-state index contributed by atoms with van der Waals surface area (Å²) in [6, 6.07) is 12.9. The number of hydrogen-bond donors (Lipinski definition) is 1. The highest BCUT2D eigenvalue weighted by Crippen LogP contribution is 2.37. The van der Waals surface area contributed by atoms with Gasteiger partial charge in [-0.3, -0.25) is 0 Å². The lowest BCUT2D eigenvalue weighted by Crippen LogP contribution is -2.43. The molecule has 0 unspecified atom stereocenters. The number of anilines is 1. The third-order valence-corrected chi connectivity index (χ3v) is 11.7. The van der Waals surface area contributed by atoms with Crippen molar-refractivity contribution in [3.05, 3.63) is 53.9 Å². The van der Waals surface area contributed by atoms with Crippen LogP contribution >= 0.6 is 12.2 Å². The van der Waals surface area contributed by atoms with Gasteiger partial charge in [0.2, 0.25) is 8.32 Å². The Hall–Kier alpha value is -2.45. The zero-order valence-electron chi connectivity index (χ0n) is 20.6. The summed E-state index contributed by atoms with van der Waals surface area (Å²) in [6.07, 6.45) is 4.20. The number of imidazole rings is 1. The van der Waals surface area contributed by atoms with E-state index in [1.165, 1.54) is 12.8 Å². The van der Waals surface area contributed by atoms with Crippen molar-refractivity contribution in [2.24, 2.45) is 0 Å². The maximum Gasteiger partial charge on any atom is 0.250 e. The van der Waals surface area contributed by atoms with Gasteiger partial charge in [0.25, 0.3) is 0 Å². The van der Waals surface area contributed by atoms with E-state index in [1.54, 1.807) is 6.20 Å². The molecule has 2 aromatic heterocycles. The molecule has 6 nitrogen and oxygen atoms in total. The van der Waals surface area contributed by atoms with Crippen molar-refractivity contribution < 1.29 is 4.43 Å². The van der Waals surface area contributed by atoms with Crippen LogP contribution in [0.25, 0.3) is 5.65 Å². The molecule has 1 aliphatic heterocycles. The largest absolute Gasteiger partial charge is 0.543 e. The van der Waals surface area contributed by atoms with Gasteiger partial charge >= 0.3 is 0 Å². The maximum atomic E-state index is 6.46. The van der Waals surface area contributed by atoms with Crippen LogP contribution in [0, 0.1) is 0 Å². The van der Waals surface area contributed by atoms with E-state index < -0.39 is 8.32 Å². The summed E-state index contributed by atoms with van der Waals surface area (Å²) in [6.45, 7) is 15.2. The SMILES string of the molecule is C[C@H]1CCCN1c1ccc2ncc(C(=S)NCc3cccc(O[Si](C)(C)C(C)(C)C)c3)n2n1. The van der Waals surface area contributed by atoms with E-state index in [4.69, 9.17) is 21.7 Å². The Bertz CT molecular complexity index is 1150. The zero-order valence-corrected chi connectivity index (χ0v) is 22.4. The number of benzene rings is 1. The van der Waals surface area contributed by atoms with Crippen molar-refractivity contribution in [3.63, 3.8) is 0 Å². The molecule has 0 spiro atoms.